The van der Waals surface area contributed by atoms with Gasteiger partial charge < -0.3 is 14.2 Å². The maximum Gasteiger partial charge on any atom is 0.261 e. The molecule has 6 nitrogen and oxygen atoms in total. The molecule has 1 aliphatic heterocycles. The number of benzene rings is 2. The van der Waals surface area contributed by atoms with Crippen molar-refractivity contribution in [2.45, 2.75) is 4.90 Å². The van der Waals surface area contributed by atoms with Crippen LogP contribution in [0.4, 0.5) is 5.69 Å². The molecule has 0 spiro atoms. The van der Waals surface area contributed by atoms with E-state index in [9.17, 15) is 8.42 Å². The predicted molar refractivity (Wildman–Crippen MR) is 84.1 cm³/mol. The van der Waals surface area contributed by atoms with Gasteiger partial charge in [-0.05, 0) is 46.3 Å². The van der Waals surface area contributed by atoms with Gasteiger partial charge in [0.05, 0.1) is 22.2 Å². The van der Waals surface area contributed by atoms with Crippen LogP contribution in [0, 0.1) is 0 Å². The third kappa shape index (κ3) is 2.84. The second kappa shape index (κ2) is 5.69. The van der Waals surface area contributed by atoms with Crippen molar-refractivity contribution >= 4 is 31.6 Å². The number of hydrogen-bond acceptors (Lipinski definition) is 5. The lowest BCUT2D eigenvalue weighted by Crippen LogP contribution is -2.13. The van der Waals surface area contributed by atoms with Gasteiger partial charge in [-0.2, -0.15) is 0 Å². The maximum atomic E-state index is 12.4. The van der Waals surface area contributed by atoms with Gasteiger partial charge in [0, 0.05) is 6.07 Å². The number of sulfonamides is 1. The number of hydrogen-bond donors (Lipinski definition) is 1. The Kier molecular flexibility index (Phi) is 3.88. The molecule has 116 valence electrons. The Balaban J connectivity index is 1.89. The standard InChI is InChI=1S/C14H12BrNO5S/c1-19-12-5-3-10(7-11(12)15)22(17,18)16-9-2-4-13-14(6-9)21-8-20-13/h2-7,16H,8H2,1H3. The zero-order chi connectivity index (χ0) is 15.7. The van der Waals surface area contributed by atoms with Gasteiger partial charge in [-0.25, -0.2) is 8.42 Å². The number of methoxy groups -OCH3 is 1. The van der Waals surface area contributed by atoms with Gasteiger partial charge in [-0.3, -0.25) is 4.72 Å². The highest BCUT2D eigenvalue weighted by Crippen LogP contribution is 2.35. The average Bonchev–Trinajstić information content (AvgIpc) is 2.94. The minimum absolute atomic E-state index is 0.123. The van der Waals surface area contributed by atoms with Crippen LogP contribution in [0.3, 0.4) is 0 Å². The van der Waals surface area contributed by atoms with E-state index < -0.39 is 10.0 Å². The van der Waals surface area contributed by atoms with E-state index in [0.29, 0.717) is 27.4 Å². The van der Waals surface area contributed by atoms with Crippen molar-refractivity contribution in [2.24, 2.45) is 0 Å². The Morgan fingerprint density at radius 1 is 1.14 bits per heavy atom. The molecule has 22 heavy (non-hydrogen) atoms. The van der Waals surface area contributed by atoms with Crippen LogP contribution >= 0.6 is 15.9 Å². The van der Waals surface area contributed by atoms with Crippen LogP contribution in [-0.2, 0) is 10.0 Å². The van der Waals surface area contributed by atoms with Gasteiger partial charge in [0.15, 0.2) is 11.5 Å². The molecule has 0 unspecified atom stereocenters. The van der Waals surface area contributed by atoms with Crippen molar-refractivity contribution in [3.05, 3.63) is 40.9 Å². The SMILES string of the molecule is COc1ccc(S(=O)(=O)Nc2ccc3c(c2)OCO3)cc1Br. The molecule has 0 fully saturated rings. The van der Waals surface area contributed by atoms with Gasteiger partial charge in [0.25, 0.3) is 10.0 Å². The molecule has 2 aromatic carbocycles. The van der Waals surface area contributed by atoms with Crippen LogP contribution in [0.25, 0.3) is 0 Å². The summed E-state index contributed by atoms with van der Waals surface area (Å²) in [5.74, 6) is 1.66. The van der Waals surface area contributed by atoms with E-state index in [2.05, 4.69) is 20.7 Å². The topological polar surface area (TPSA) is 73.9 Å². The Morgan fingerprint density at radius 2 is 1.91 bits per heavy atom. The third-order valence-corrected chi connectivity index (χ3v) is 5.06. The lowest BCUT2D eigenvalue weighted by atomic mass is 10.3. The van der Waals surface area contributed by atoms with Crippen molar-refractivity contribution < 1.29 is 22.6 Å². The fourth-order valence-corrected chi connectivity index (χ4v) is 3.76. The van der Waals surface area contributed by atoms with Gasteiger partial charge in [0.1, 0.15) is 5.75 Å². The molecule has 0 atom stereocenters. The maximum absolute atomic E-state index is 12.4. The molecule has 2 aromatic rings. The Labute approximate surface area is 136 Å². The minimum atomic E-state index is -3.71. The highest BCUT2D eigenvalue weighted by atomic mass is 79.9. The quantitative estimate of drug-likeness (QED) is 0.875. The van der Waals surface area contributed by atoms with Crippen molar-refractivity contribution in [1.82, 2.24) is 0 Å². The summed E-state index contributed by atoms with van der Waals surface area (Å²) < 4.78 is 43.4. The van der Waals surface area contributed by atoms with Crippen LogP contribution in [0.1, 0.15) is 0 Å². The summed E-state index contributed by atoms with van der Waals surface area (Å²) in [5.41, 5.74) is 0.399. The summed E-state index contributed by atoms with van der Waals surface area (Å²) in [6.45, 7) is 0.136. The van der Waals surface area contributed by atoms with E-state index in [4.69, 9.17) is 14.2 Å². The van der Waals surface area contributed by atoms with E-state index in [1.807, 2.05) is 0 Å². The fraction of sp³-hybridized carbons (Fsp3) is 0.143. The van der Waals surface area contributed by atoms with Crippen molar-refractivity contribution in [3.8, 4) is 17.2 Å². The number of rotatable bonds is 4. The molecular formula is C14H12BrNO5S. The highest BCUT2D eigenvalue weighted by Gasteiger charge is 2.19. The first kappa shape index (κ1) is 15.0. The molecule has 0 aromatic heterocycles. The summed E-state index contributed by atoms with van der Waals surface area (Å²) in [7, 11) is -2.20. The van der Waals surface area contributed by atoms with Crippen LogP contribution < -0.4 is 18.9 Å². The molecule has 3 rings (SSSR count). The summed E-state index contributed by atoms with van der Waals surface area (Å²) in [6.07, 6.45) is 0. The normalized spacial score (nSPS) is 13.0. The first-order chi connectivity index (χ1) is 10.5. The smallest absolute Gasteiger partial charge is 0.261 e. The monoisotopic (exact) mass is 385 g/mol. The second-order valence-electron chi connectivity index (χ2n) is 4.47. The molecular weight excluding hydrogens is 374 g/mol. The van der Waals surface area contributed by atoms with Crippen molar-refractivity contribution in [3.63, 3.8) is 0 Å². The van der Waals surface area contributed by atoms with Crippen LogP contribution in [0.2, 0.25) is 0 Å². The summed E-state index contributed by atoms with van der Waals surface area (Å²) in [5, 5.41) is 0. The van der Waals surface area contributed by atoms with E-state index >= 15 is 0 Å². The van der Waals surface area contributed by atoms with E-state index in [1.54, 1.807) is 24.3 Å². The van der Waals surface area contributed by atoms with Gasteiger partial charge in [0.2, 0.25) is 6.79 Å². The largest absolute Gasteiger partial charge is 0.496 e. The number of fused-ring (bicyclic) bond motifs is 1. The molecule has 0 aliphatic carbocycles. The molecule has 0 saturated carbocycles. The Hall–Kier alpha value is -1.93. The molecule has 1 heterocycles. The number of halogens is 1. The van der Waals surface area contributed by atoms with E-state index in [1.165, 1.54) is 19.2 Å². The fourth-order valence-electron chi connectivity index (χ4n) is 1.99. The molecule has 1 N–H and O–H groups in total. The highest BCUT2D eigenvalue weighted by molar-refractivity contribution is 9.10. The lowest BCUT2D eigenvalue weighted by molar-refractivity contribution is 0.174. The zero-order valence-electron chi connectivity index (χ0n) is 11.5. The summed E-state index contributed by atoms with van der Waals surface area (Å²) in [4.78, 5) is 0.123. The van der Waals surface area contributed by atoms with Crippen molar-refractivity contribution in [1.29, 1.82) is 0 Å². The first-order valence-electron chi connectivity index (χ1n) is 6.25. The minimum Gasteiger partial charge on any atom is -0.496 e. The first-order valence-corrected chi connectivity index (χ1v) is 8.53. The molecule has 0 radical (unpaired) electrons. The summed E-state index contributed by atoms with van der Waals surface area (Å²) in [6, 6.07) is 9.39. The average molecular weight is 386 g/mol. The molecule has 0 saturated heterocycles. The van der Waals surface area contributed by atoms with E-state index in [-0.39, 0.29) is 11.7 Å². The summed E-state index contributed by atoms with van der Waals surface area (Å²) >= 11 is 3.27. The van der Waals surface area contributed by atoms with Gasteiger partial charge in [-0.1, -0.05) is 0 Å². The molecule has 0 amide bonds. The predicted octanol–water partition coefficient (Wildman–Crippen LogP) is 2.99. The second-order valence-corrected chi connectivity index (χ2v) is 7.01. The Bertz CT molecular complexity index is 822. The van der Waals surface area contributed by atoms with Gasteiger partial charge >= 0.3 is 0 Å². The van der Waals surface area contributed by atoms with E-state index in [0.717, 1.165) is 0 Å². The molecule has 8 heteroatoms. The van der Waals surface area contributed by atoms with Crippen LogP contribution in [0.15, 0.2) is 45.8 Å². The number of anilines is 1. The number of nitrogens with one attached hydrogen (secondary N) is 1. The molecule has 0 bridgehead atoms. The zero-order valence-corrected chi connectivity index (χ0v) is 13.9. The third-order valence-electron chi connectivity index (χ3n) is 3.06. The van der Waals surface area contributed by atoms with Gasteiger partial charge in [-0.15, -0.1) is 0 Å². The molecule has 1 aliphatic rings. The van der Waals surface area contributed by atoms with Crippen LogP contribution in [-0.4, -0.2) is 22.3 Å². The van der Waals surface area contributed by atoms with Crippen molar-refractivity contribution in [2.75, 3.05) is 18.6 Å². The van der Waals surface area contributed by atoms with Crippen LogP contribution in [0.5, 0.6) is 17.2 Å². The lowest BCUT2D eigenvalue weighted by Gasteiger charge is -2.10. The Morgan fingerprint density at radius 3 is 2.64 bits per heavy atom. The number of ether oxygens (including phenoxy) is 3.